The molecule has 2 aliphatic rings. The molecular formula is C22H27N3O6S. The van der Waals surface area contributed by atoms with Crippen molar-refractivity contribution in [2.24, 2.45) is 0 Å². The van der Waals surface area contributed by atoms with Gasteiger partial charge in [-0.1, -0.05) is 12.1 Å². The third-order valence-electron chi connectivity index (χ3n) is 5.50. The van der Waals surface area contributed by atoms with E-state index in [0.717, 1.165) is 4.88 Å². The molecule has 10 heteroatoms. The molecule has 3 N–H and O–H groups in total. The molecule has 172 valence electrons. The number of hydrogen-bond acceptors (Lipinski definition) is 8. The Balaban J connectivity index is 1.39. The Morgan fingerprint density at radius 1 is 1.31 bits per heavy atom. The number of hydrogen-bond donors (Lipinski definition) is 3. The summed E-state index contributed by atoms with van der Waals surface area (Å²) in [6, 6.07) is 7.79. The van der Waals surface area contributed by atoms with Gasteiger partial charge in [-0.2, -0.15) is 0 Å². The zero-order valence-corrected chi connectivity index (χ0v) is 18.6. The number of nitrogens with one attached hydrogen (secondary N) is 2. The highest BCUT2D eigenvalue weighted by Gasteiger charge is 2.34. The molecule has 3 atom stereocenters. The number of aliphatic hydroxyl groups is 1. The Morgan fingerprint density at radius 3 is 2.94 bits per heavy atom. The van der Waals surface area contributed by atoms with Crippen molar-refractivity contribution < 1.29 is 28.9 Å². The molecule has 2 aromatic rings. The normalized spacial score (nSPS) is 20.7. The number of carbonyl (C=O) groups is 2. The van der Waals surface area contributed by atoms with Gasteiger partial charge in [0.05, 0.1) is 25.1 Å². The Bertz CT molecular complexity index is 938. The fourth-order valence-electron chi connectivity index (χ4n) is 3.90. The van der Waals surface area contributed by atoms with Crippen molar-refractivity contribution in [2.45, 2.75) is 44.6 Å². The number of rotatable bonds is 8. The zero-order valence-electron chi connectivity index (χ0n) is 17.8. The summed E-state index contributed by atoms with van der Waals surface area (Å²) in [7, 11) is 0. The molecule has 0 spiro atoms. The maximum Gasteiger partial charge on any atom is 0.315 e. The minimum atomic E-state index is -0.781. The van der Waals surface area contributed by atoms with E-state index in [1.54, 1.807) is 36.5 Å². The van der Waals surface area contributed by atoms with Gasteiger partial charge in [0.25, 0.3) is 0 Å². The van der Waals surface area contributed by atoms with Crippen LogP contribution in [-0.2, 0) is 16.1 Å². The fraction of sp³-hybridized carbons (Fsp3) is 0.455. The lowest BCUT2D eigenvalue weighted by atomic mass is 10.0. The largest absolute Gasteiger partial charge is 0.466 e. The fourth-order valence-corrected chi connectivity index (χ4v) is 4.63. The predicted octanol–water partition coefficient (Wildman–Crippen LogP) is 2.36. The van der Waals surface area contributed by atoms with Gasteiger partial charge in [0, 0.05) is 18.0 Å². The van der Waals surface area contributed by atoms with Crippen LogP contribution < -0.4 is 20.1 Å². The number of esters is 1. The van der Waals surface area contributed by atoms with Crippen molar-refractivity contribution in [1.29, 1.82) is 0 Å². The molecule has 2 amide bonds. The summed E-state index contributed by atoms with van der Waals surface area (Å²) in [5, 5.41) is 18.3. The molecule has 1 aromatic carbocycles. The zero-order chi connectivity index (χ0) is 22.5. The Labute approximate surface area is 190 Å². The lowest BCUT2D eigenvalue weighted by Gasteiger charge is -2.25. The first-order valence-electron chi connectivity index (χ1n) is 10.6. The Hall–Kier alpha value is -2.82. The number of carbonyl (C=O) groups excluding carboxylic acids is 2. The monoisotopic (exact) mass is 461 g/mol. The number of nitrogens with zero attached hydrogens (tertiary/aromatic N) is 1. The van der Waals surface area contributed by atoms with Gasteiger partial charge in [-0.15, -0.1) is 11.3 Å². The van der Waals surface area contributed by atoms with Gasteiger partial charge in [0.2, 0.25) is 6.79 Å². The van der Waals surface area contributed by atoms with Crippen LogP contribution in [0.1, 0.15) is 36.2 Å². The van der Waals surface area contributed by atoms with E-state index in [0.29, 0.717) is 36.6 Å². The van der Waals surface area contributed by atoms with Crippen molar-refractivity contribution >= 4 is 23.3 Å². The first-order chi connectivity index (χ1) is 15.5. The highest BCUT2D eigenvalue weighted by atomic mass is 32.1. The quantitative estimate of drug-likeness (QED) is 0.518. The van der Waals surface area contributed by atoms with E-state index >= 15 is 0 Å². The summed E-state index contributed by atoms with van der Waals surface area (Å²) in [4.78, 5) is 28.0. The molecule has 0 saturated carbocycles. The number of benzene rings is 1. The first-order valence-corrected chi connectivity index (χ1v) is 11.5. The van der Waals surface area contributed by atoms with Gasteiger partial charge in [0.15, 0.2) is 11.5 Å². The molecule has 0 radical (unpaired) electrons. The molecule has 1 fully saturated rings. The van der Waals surface area contributed by atoms with Gasteiger partial charge < -0.3 is 30.0 Å². The van der Waals surface area contributed by atoms with Crippen molar-refractivity contribution in [3.05, 3.63) is 46.2 Å². The van der Waals surface area contributed by atoms with Gasteiger partial charge in [-0.05, 0) is 42.5 Å². The average molecular weight is 462 g/mol. The third kappa shape index (κ3) is 5.32. The number of likely N-dealkylation sites (tertiary alicyclic amines) is 1. The number of urea groups is 1. The first kappa shape index (κ1) is 22.4. The van der Waals surface area contributed by atoms with E-state index in [9.17, 15) is 14.7 Å². The van der Waals surface area contributed by atoms with Crippen molar-refractivity contribution in [3.63, 3.8) is 0 Å². The third-order valence-corrected chi connectivity index (χ3v) is 6.36. The summed E-state index contributed by atoms with van der Waals surface area (Å²) in [6.07, 6.45) is -0.178. The van der Waals surface area contributed by atoms with Crippen LogP contribution in [0.4, 0.5) is 4.79 Å². The topological polar surface area (TPSA) is 109 Å². The van der Waals surface area contributed by atoms with Crippen LogP contribution in [0.5, 0.6) is 11.5 Å². The molecule has 32 heavy (non-hydrogen) atoms. The number of amides is 2. The summed E-state index contributed by atoms with van der Waals surface area (Å²) in [6.45, 7) is 3.45. The van der Waals surface area contributed by atoms with Crippen LogP contribution in [0.3, 0.4) is 0 Å². The van der Waals surface area contributed by atoms with E-state index in [-0.39, 0.29) is 19.8 Å². The summed E-state index contributed by atoms with van der Waals surface area (Å²) < 4.78 is 15.8. The maximum absolute atomic E-state index is 12.8. The molecule has 1 aromatic heterocycles. The van der Waals surface area contributed by atoms with Crippen molar-refractivity contribution in [3.8, 4) is 11.5 Å². The van der Waals surface area contributed by atoms with E-state index in [2.05, 4.69) is 10.6 Å². The van der Waals surface area contributed by atoms with Gasteiger partial charge in [0.1, 0.15) is 6.23 Å². The van der Waals surface area contributed by atoms with Crippen molar-refractivity contribution in [2.75, 3.05) is 19.9 Å². The summed E-state index contributed by atoms with van der Waals surface area (Å²) in [5.41, 5.74) is 0.698. The second kappa shape index (κ2) is 10.2. The van der Waals surface area contributed by atoms with Gasteiger partial charge in [-0.25, -0.2) is 4.79 Å². The maximum atomic E-state index is 12.8. The molecule has 9 nitrogen and oxygen atoms in total. The minimum Gasteiger partial charge on any atom is -0.466 e. The van der Waals surface area contributed by atoms with E-state index < -0.39 is 30.3 Å². The molecule has 3 heterocycles. The van der Waals surface area contributed by atoms with Crippen LogP contribution in [0.2, 0.25) is 0 Å². The molecule has 1 unspecified atom stereocenters. The Morgan fingerprint density at radius 2 is 2.16 bits per heavy atom. The smallest absolute Gasteiger partial charge is 0.315 e. The number of fused-ring (bicyclic) bond motifs is 1. The molecule has 2 aliphatic heterocycles. The number of ether oxygens (including phenoxy) is 3. The second-order valence-corrected chi connectivity index (χ2v) is 8.68. The second-order valence-electron chi connectivity index (χ2n) is 7.65. The van der Waals surface area contributed by atoms with Crippen LogP contribution in [0, 0.1) is 0 Å². The molecule has 1 saturated heterocycles. The Kier molecular flexibility index (Phi) is 7.13. The summed E-state index contributed by atoms with van der Waals surface area (Å²) >= 11 is 1.64. The van der Waals surface area contributed by atoms with E-state index in [1.165, 1.54) is 0 Å². The number of thiophene rings is 1. The molecule has 0 aliphatic carbocycles. The highest BCUT2D eigenvalue weighted by molar-refractivity contribution is 7.09. The molecular weight excluding hydrogens is 434 g/mol. The van der Waals surface area contributed by atoms with Gasteiger partial charge in [-0.3, -0.25) is 9.69 Å². The summed E-state index contributed by atoms with van der Waals surface area (Å²) in [5.74, 6) is 0.764. The number of aliphatic hydroxyl groups excluding tert-OH is 1. The van der Waals surface area contributed by atoms with E-state index in [1.807, 2.05) is 22.4 Å². The predicted molar refractivity (Wildman–Crippen MR) is 117 cm³/mol. The molecule has 0 bridgehead atoms. The van der Waals surface area contributed by atoms with Crippen LogP contribution in [0.15, 0.2) is 35.7 Å². The highest BCUT2D eigenvalue weighted by Crippen LogP contribution is 2.35. The molecule has 4 rings (SSSR count). The van der Waals surface area contributed by atoms with Crippen LogP contribution in [0.25, 0.3) is 0 Å². The lowest BCUT2D eigenvalue weighted by Crippen LogP contribution is -2.49. The van der Waals surface area contributed by atoms with E-state index in [4.69, 9.17) is 14.2 Å². The lowest BCUT2D eigenvalue weighted by molar-refractivity contribution is -0.143. The van der Waals surface area contributed by atoms with Crippen molar-refractivity contribution in [1.82, 2.24) is 15.5 Å². The SMILES string of the molecule is CCOC(=O)C[C@H](NC(=O)N[C@H]1CCN(Cc2cccs2)C1O)c1ccc2c(c1)OCO2. The van der Waals surface area contributed by atoms with Crippen LogP contribution >= 0.6 is 11.3 Å². The average Bonchev–Trinajstić information content (AvgIpc) is 3.51. The van der Waals surface area contributed by atoms with Gasteiger partial charge >= 0.3 is 12.0 Å². The van der Waals surface area contributed by atoms with Crippen LogP contribution in [-0.4, -0.2) is 54.2 Å². The standard InChI is InChI=1S/C22H27N3O6S/c1-2-29-20(26)11-17(14-5-6-18-19(10-14)31-13-30-18)24-22(28)23-16-7-8-25(21(16)27)12-15-4-3-9-32-15/h3-6,9-10,16-17,21,27H,2,7-8,11-13H2,1H3,(H2,23,24,28)/t16-,17-,21?/m0/s1. The minimum absolute atomic E-state index is 0.0291.